The number of carbonyl (C=O) groups is 1. The summed E-state index contributed by atoms with van der Waals surface area (Å²) in [6.45, 7) is 2.60. The van der Waals surface area contributed by atoms with E-state index in [1.165, 1.54) is 51.5 Å². The highest BCUT2D eigenvalue weighted by Crippen LogP contribution is 2.41. The molecule has 3 nitrogen and oxygen atoms in total. The second-order valence-electron chi connectivity index (χ2n) is 8.60. The minimum Gasteiger partial charge on any atom is -0.464 e. The second kappa shape index (κ2) is 8.60. The molecular formula is C24H33NO2. The van der Waals surface area contributed by atoms with Crippen molar-refractivity contribution in [3.05, 3.63) is 48.0 Å². The van der Waals surface area contributed by atoms with Gasteiger partial charge in [-0.3, -0.25) is 9.69 Å². The van der Waals surface area contributed by atoms with E-state index >= 15 is 0 Å². The lowest BCUT2D eigenvalue weighted by Gasteiger charge is -2.41. The minimum absolute atomic E-state index is 0.0466. The van der Waals surface area contributed by atoms with Gasteiger partial charge in [0.1, 0.15) is 6.61 Å². The van der Waals surface area contributed by atoms with E-state index in [9.17, 15) is 4.79 Å². The maximum absolute atomic E-state index is 13.0. The van der Waals surface area contributed by atoms with E-state index < -0.39 is 0 Å². The molecular weight excluding hydrogens is 334 g/mol. The van der Waals surface area contributed by atoms with E-state index in [0.29, 0.717) is 12.1 Å². The number of likely N-dealkylation sites (tertiary alicyclic amines) is 1. The maximum Gasteiger partial charge on any atom is 0.314 e. The van der Waals surface area contributed by atoms with Crippen molar-refractivity contribution in [1.82, 2.24) is 4.90 Å². The Hall–Kier alpha value is -1.61. The van der Waals surface area contributed by atoms with Crippen LogP contribution in [-0.2, 0) is 9.53 Å². The topological polar surface area (TPSA) is 29.5 Å². The molecule has 146 valence electrons. The SMILES string of the molecule is O=C(OCCN1CCCC12CCCCC2)[C@H](c1ccccc1)[C@@H]1C=CCC1. The molecule has 0 bridgehead atoms. The lowest BCUT2D eigenvalue weighted by Crippen LogP contribution is -2.46. The molecule has 3 aliphatic rings. The van der Waals surface area contributed by atoms with E-state index in [0.717, 1.165) is 24.9 Å². The molecule has 3 heteroatoms. The van der Waals surface area contributed by atoms with Crippen LogP contribution in [0.2, 0.25) is 0 Å². The molecule has 0 N–H and O–H groups in total. The molecule has 1 aliphatic heterocycles. The molecule has 27 heavy (non-hydrogen) atoms. The van der Waals surface area contributed by atoms with Crippen molar-refractivity contribution in [1.29, 1.82) is 0 Å². The molecule has 0 aromatic heterocycles. The Bertz CT molecular complexity index is 648. The molecule has 1 saturated carbocycles. The average Bonchev–Trinajstić information content (AvgIpc) is 3.35. The zero-order valence-electron chi connectivity index (χ0n) is 16.4. The van der Waals surface area contributed by atoms with Crippen molar-refractivity contribution in [2.24, 2.45) is 5.92 Å². The predicted octanol–water partition coefficient (Wildman–Crippen LogP) is 5.08. The summed E-state index contributed by atoms with van der Waals surface area (Å²) in [6.07, 6.45) is 15.9. The average molecular weight is 368 g/mol. The van der Waals surface area contributed by atoms with Crippen LogP contribution in [0.1, 0.15) is 69.3 Å². The minimum atomic E-state index is -0.160. The van der Waals surface area contributed by atoms with Gasteiger partial charge in [-0.25, -0.2) is 0 Å². The quantitative estimate of drug-likeness (QED) is 0.519. The van der Waals surface area contributed by atoms with Crippen LogP contribution >= 0.6 is 0 Å². The first-order valence-corrected chi connectivity index (χ1v) is 10.9. The highest BCUT2D eigenvalue weighted by molar-refractivity contribution is 5.79. The van der Waals surface area contributed by atoms with E-state index in [-0.39, 0.29) is 17.8 Å². The molecule has 1 aromatic rings. The number of carbonyl (C=O) groups excluding carboxylic acids is 1. The summed E-state index contributed by atoms with van der Waals surface area (Å²) in [5.74, 6) is 0.0678. The van der Waals surface area contributed by atoms with Gasteiger partial charge < -0.3 is 4.74 Å². The summed E-state index contributed by atoms with van der Waals surface area (Å²) >= 11 is 0. The Kier molecular flexibility index (Phi) is 5.97. The van der Waals surface area contributed by atoms with E-state index in [2.05, 4.69) is 29.2 Å². The molecule has 1 spiro atoms. The Morgan fingerprint density at radius 1 is 1.11 bits per heavy atom. The van der Waals surface area contributed by atoms with Crippen molar-refractivity contribution < 1.29 is 9.53 Å². The third-order valence-corrected chi connectivity index (χ3v) is 7.02. The number of allylic oxidation sites excluding steroid dienone is 2. The smallest absolute Gasteiger partial charge is 0.314 e. The van der Waals surface area contributed by atoms with Crippen LogP contribution in [0.25, 0.3) is 0 Å². The molecule has 2 atom stereocenters. The Morgan fingerprint density at radius 2 is 1.89 bits per heavy atom. The van der Waals surface area contributed by atoms with Crippen LogP contribution in [0.3, 0.4) is 0 Å². The van der Waals surface area contributed by atoms with Crippen molar-refractivity contribution in [3.8, 4) is 0 Å². The monoisotopic (exact) mass is 367 g/mol. The summed E-state index contributed by atoms with van der Waals surface area (Å²) in [6, 6.07) is 10.2. The third kappa shape index (κ3) is 4.13. The zero-order valence-corrected chi connectivity index (χ0v) is 16.4. The Labute approximate surface area is 163 Å². The summed E-state index contributed by atoms with van der Waals surface area (Å²) in [4.78, 5) is 15.6. The highest BCUT2D eigenvalue weighted by Gasteiger charge is 2.41. The number of rotatable bonds is 6. The van der Waals surface area contributed by atoms with Gasteiger partial charge in [0.25, 0.3) is 0 Å². The van der Waals surface area contributed by atoms with Crippen LogP contribution in [0.5, 0.6) is 0 Å². The van der Waals surface area contributed by atoms with Gasteiger partial charge in [0.15, 0.2) is 0 Å². The fourth-order valence-electron chi connectivity index (χ4n) is 5.62. The van der Waals surface area contributed by atoms with E-state index in [1.54, 1.807) is 0 Å². The first-order chi connectivity index (χ1) is 13.3. The maximum atomic E-state index is 13.0. The van der Waals surface area contributed by atoms with Gasteiger partial charge in [0.05, 0.1) is 5.92 Å². The number of esters is 1. The van der Waals surface area contributed by atoms with Gasteiger partial charge in [-0.05, 0) is 56.6 Å². The normalized spacial score (nSPS) is 25.7. The van der Waals surface area contributed by atoms with Crippen molar-refractivity contribution in [3.63, 3.8) is 0 Å². The molecule has 0 radical (unpaired) electrons. The van der Waals surface area contributed by atoms with E-state index in [1.807, 2.05) is 18.2 Å². The first-order valence-electron chi connectivity index (χ1n) is 10.9. The summed E-state index contributed by atoms with van der Waals surface area (Å²) in [7, 11) is 0. The number of benzene rings is 1. The molecule has 0 amide bonds. The van der Waals surface area contributed by atoms with Crippen molar-refractivity contribution >= 4 is 5.97 Å². The van der Waals surface area contributed by atoms with Crippen molar-refractivity contribution in [2.75, 3.05) is 19.7 Å². The standard InChI is InChI=1S/C24H33NO2/c26-23(22(21-12-5-6-13-21)20-10-3-1-4-11-20)27-19-18-25-17-9-16-24(25)14-7-2-8-15-24/h1,3-5,10-12,21-22H,2,6-9,13-19H2/t21-,22-/m1/s1. The number of nitrogens with zero attached hydrogens (tertiary/aromatic N) is 1. The van der Waals surface area contributed by atoms with Crippen LogP contribution in [0.4, 0.5) is 0 Å². The van der Waals surface area contributed by atoms with Crippen LogP contribution in [-0.4, -0.2) is 36.1 Å². The summed E-state index contributed by atoms with van der Waals surface area (Å²) in [5, 5.41) is 0. The fraction of sp³-hybridized carbons (Fsp3) is 0.625. The fourth-order valence-corrected chi connectivity index (χ4v) is 5.62. The molecule has 1 saturated heterocycles. The first kappa shape index (κ1) is 18.7. The van der Waals surface area contributed by atoms with Gasteiger partial charge in [-0.1, -0.05) is 61.7 Å². The van der Waals surface area contributed by atoms with Gasteiger partial charge in [0, 0.05) is 12.1 Å². The number of hydrogen-bond acceptors (Lipinski definition) is 3. The zero-order chi connectivity index (χ0) is 18.5. The van der Waals surface area contributed by atoms with Crippen molar-refractivity contribution in [2.45, 2.75) is 69.2 Å². The summed E-state index contributed by atoms with van der Waals surface area (Å²) in [5.41, 5.74) is 1.50. The van der Waals surface area contributed by atoms with Crippen LogP contribution in [0.15, 0.2) is 42.5 Å². The Morgan fingerprint density at radius 3 is 2.63 bits per heavy atom. The molecule has 2 aliphatic carbocycles. The lowest BCUT2D eigenvalue weighted by molar-refractivity contribution is -0.147. The second-order valence-corrected chi connectivity index (χ2v) is 8.60. The summed E-state index contributed by atoms with van der Waals surface area (Å²) < 4.78 is 5.85. The molecule has 4 rings (SSSR count). The largest absolute Gasteiger partial charge is 0.464 e. The van der Waals surface area contributed by atoms with Gasteiger partial charge >= 0.3 is 5.97 Å². The predicted molar refractivity (Wildman–Crippen MR) is 109 cm³/mol. The van der Waals surface area contributed by atoms with Gasteiger partial charge in [-0.15, -0.1) is 0 Å². The molecule has 2 fully saturated rings. The van der Waals surface area contributed by atoms with Gasteiger partial charge in [-0.2, -0.15) is 0 Å². The third-order valence-electron chi connectivity index (χ3n) is 7.02. The highest BCUT2D eigenvalue weighted by atomic mass is 16.5. The van der Waals surface area contributed by atoms with Crippen LogP contribution in [0, 0.1) is 5.92 Å². The lowest BCUT2D eigenvalue weighted by atomic mass is 9.80. The molecule has 1 aromatic carbocycles. The Balaban J connectivity index is 1.36. The molecule has 0 unspecified atom stereocenters. The number of hydrogen-bond donors (Lipinski definition) is 0. The number of ether oxygens (including phenoxy) is 1. The molecule has 1 heterocycles. The van der Waals surface area contributed by atoms with Crippen LogP contribution < -0.4 is 0 Å². The van der Waals surface area contributed by atoms with Gasteiger partial charge in [0.2, 0.25) is 0 Å². The van der Waals surface area contributed by atoms with E-state index in [4.69, 9.17) is 4.74 Å².